The summed E-state index contributed by atoms with van der Waals surface area (Å²) in [5, 5.41) is 18.8. The molecule has 0 heterocycles. The van der Waals surface area contributed by atoms with Crippen LogP contribution in [0.1, 0.15) is 17.5 Å². The lowest BCUT2D eigenvalue weighted by atomic mass is 9.89. The minimum absolute atomic E-state index is 0.272. The monoisotopic (exact) mass is 164 g/mol. The largest absolute Gasteiger partial charge is 0.508 e. The van der Waals surface area contributed by atoms with Crippen LogP contribution in [0.25, 0.3) is 0 Å². The molecule has 1 aromatic carbocycles. The van der Waals surface area contributed by atoms with Crippen molar-refractivity contribution in [3.8, 4) is 5.75 Å². The second-order valence-corrected chi connectivity index (χ2v) is 3.31. The van der Waals surface area contributed by atoms with Crippen LogP contribution in [0.2, 0.25) is 0 Å². The molecule has 1 aromatic rings. The highest BCUT2D eigenvalue weighted by Crippen LogP contribution is 2.28. The van der Waals surface area contributed by atoms with Gasteiger partial charge in [-0.1, -0.05) is 12.1 Å². The van der Waals surface area contributed by atoms with Crippen LogP contribution in [0.5, 0.6) is 5.75 Å². The first kappa shape index (κ1) is 7.62. The molecule has 0 spiro atoms. The molecule has 2 nitrogen and oxygen atoms in total. The van der Waals surface area contributed by atoms with Crippen LogP contribution in [0, 0.1) is 0 Å². The molecule has 2 rings (SSSR count). The molecule has 1 aliphatic carbocycles. The zero-order valence-corrected chi connectivity index (χ0v) is 6.83. The number of phenolic OH excluding ortho intramolecular Hbond substituents is 1. The van der Waals surface area contributed by atoms with Crippen LogP contribution in [0.4, 0.5) is 0 Å². The smallest absolute Gasteiger partial charge is 0.119 e. The Balaban J connectivity index is 2.43. The Kier molecular flexibility index (Phi) is 1.77. The molecular weight excluding hydrogens is 152 g/mol. The van der Waals surface area contributed by atoms with Crippen LogP contribution in [-0.2, 0) is 12.8 Å². The molecule has 0 saturated carbocycles. The van der Waals surface area contributed by atoms with Gasteiger partial charge in [0.15, 0.2) is 0 Å². The number of fused-ring (bicyclic) bond motifs is 1. The van der Waals surface area contributed by atoms with Crippen LogP contribution < -0.4 is 0 Å². The van der Waals surface area contributed by atoms with Gasteiger partial charge < -0.3 is 10.2 Å². The summed E-state index contributed by atoms with van der Waals surface area (Å²) in [4.78, 5) is 0. The van der Waals surface area contributed by atoms with E-state index in [4.69, 9.17) is 0 Å². The molecule has 64 valence electrons. The van der Waals surface area contributed by atoms with Crippen molar-refractivity contribution in [1.29, 1.82) is 0 Å². The average molecular weight is 164 g/mol. The molecule has 0 aliphatic heterocycles. The van der Waals surface area contributed by atoms with Gasteiger partial charge in [0.05, 0.1) is 6.10 Å². The lowest BCUT2D eigenvalue weighted by Crippen LogP contribution is -2.18. The van der Waals surface area contributed by atoms with Gasteiger partial charge in [-0.2, -0.15) is 0 Å². The summed E-state index contributed by atoms with van der Waals surface area (Å²) in [6.07, 6.45) is 2.02. The zero-order valence-electron chi connectivity index (χ0n) is 6.83. The fourth-order valence-corrected chi connectivity index (χ4v) is 1.75. The second kappa shape index (κ2) is 2.79. The Morgan fingerprint density at radius 1 is 1.33 bits per heavy atom. The summed E-state index contributed by atoms with van der Waals surface area (Å²) >= 11 is 0. The third-order valence-corrected chi connectivity index (χ3v) is 2.43. The van der Waals surface area contributed by atoms with Crippen molar-refractivity contribution in [2.24, 2.45) is 0 Å². The van der Waals surface area contributed by atoms with Crippen LogP contribution >= 0.6 is 0 Å². The maximum atomic E-state index is 9.46. The standard InChI is InChI=1S/C10H12O2/c11-8-5-4-7-2-1-3-10(12)9(7)6-8/h1-3,8,11-12H,4-6H2. The van der Waals surface area contributed by atoms with Gasteiger partial charge in [-0.3, -0.25) is 0 Å². The molecular formula is C10H12O2. The minimum Gasteiger partial charge on any atom is -0.508 e. The van der Waals surface area contributed by atoms with Gasteiger partial charge in [-0.15, -0.1) is 0 Å². The number of aromatic hydroxyl groups is 1. The molecule has 2 heteroatoms. The van der Waals surface area contributed by atoms with Gasteiger partial charge in [-0.05, 0) is 30.0 Å². The summed E-state index contributed by atoms with van der Waals surface area (Å²) in [5.41, 5.74) is 2.11. The Morgan fingerprint density at radius 3 is 3.00 bits per heavy atom. The van der Waals surface area contributed by atoms with Crippen molar-refractivity contribution in [3.63, 3.8) is 0 Å². The lowest BCUT2D eigenvalue weighted by molar-refractivity contribution is 0.157. The predicted molar refractivity (Wildman–Crippen MR) is 46.1 cm³/mol. The first-order chi connectivity index (χ1) is 5.77. The molecule has 0 radical (unpaired) electrons. The van der Waals surface area contributed by atoms with Gasteiger partial charge in [0.2, 0.25) is 0 Å². The summed E-state index contributed by atoms with van der Waals surface area (Å²) in [5.74, 6) is 0.325. The first-order valence-electron chi connectivity index (χ1n) is 4.25. The number of phenols is 1. The van der Waals surface area contributed by atoms with Gasteiger partial charge in [-0.25, -0.2) is 0 Å². The van der Waals surface area contributed by atoms with Crippen molar-refractivity contribution < 1.29 is 10.2 Å². The molecule has 2 N–H and O–H groups in total. The number of hydrogen-bond donors (Lipinski definition) is 2. The predicted octanol–water partition coefficient (Wildman–Crippen LogP) is 1.24. The summed E-state index contributed by atoms with van der Waals surface area (Å²) in [6, 6.07) is 5.55. The Hall–Kier alpha value is -1.02. The van der Waals surface area contributed by atoms with E-state index in [-0.39, 0.29) is 6.10 Å². The SMILES string of the molecule is Oc1cccc2c1CC(O)CC2. The molecule has 1 unspecified atom stereocenters. The molecule has 12 heavy (non-hydrogen) atoms. The lowest BCUT2D eigenvalue weighted by Gasteiger charge is -2.20. The van der Waals surface area contributed by atoms with Crippen molar-refractivity contribution >= 4 is 0 Å². The summed E-state index contributed by atoms with van der Waals surface area (Å²) in [7, 11) is 0. The molecule has 0 amide bonds. The fraction of sp³-hybridized carbons (Fsp3) is 0.400. The van der Waals surface area contributed by atoms with E-state index < -0.39 is 0 Å². The highest BCUT2D eigenvalue weighted by atomic mass is 16.3. The van der Waals surface area contributed by atoms with Gasteiger partial charge in [0, 0.05) is 6.42 Å². The summed E-state index contributed by atoms with van der Waals surface area (Å²) < 4.78 is 0. The van der Waals surface area contributed by atoms with E-state index in [0.29, 0.717) is 12.2 Å². The van der Waals surface area contributed by atoms with Crippen LogP contribution in [0.3, 0.4) is 0 Å². The number of aryl methyl sites for hydroxylation is 1. The van der Waals surface area contributed by atoms with Gasteiger partial charge >= 0.3 is 0 Å². The van der Waals surface area contributed by atoms with E-state index in [1.54, 1.807) is 6.07 Å². The fourth-order valence-electron chi connectivity index (χ4n) is 1.75. The van der Waals surface area contributed by atoms with E-state index in [0.717, 1.165) is 18.4 Å². The van der Waals surface area contributed by atoms with Crippen molar-refractivity contribution in [2.75, 3.05) is 0 Å². The molecule has 0 saturated heterocycles. The van der Waals surface area contributed by atoms with Crippen molar-refractivity contribution in [1.82, 2.24) is 0 Å². The van der Waals surface area contributed by atoms with E-state index in [1.807, 2.05) is 12.1 Å². The third-order valence-electron chi connectivity index (χ3n) is 2.43. The van der Waals surface area contributed by atoms with Crippen molar-refractivity contribution in [2.45, 2.75) is 25.4 Å². The quantitative estimate of drug-likeness (QED) is 0.605. The number of aliphatic hydroxyl groups excluding tert-OH is 1. The van der Waals surface area contributed by atoms with Crippen molar-refractivity contribution in [3.05, 3.63) is 29.3 Å². The maximum absolute atomic E-state index is 9.46. The van der Waals surface area contributed by atoms with E-state index in [9.17, 15) is 10.2 Å². The van der Waals surface area contributed by atoms with Gasteiger partial charge in [0.1, 0.15) is 5.75 Å². The Labute approximate surface area is 71.5 Å². The normalized spacial score (nSPS) is 21.9. The van der Waals surface area contributed by atoms with E-state index in [2.05, 4.69) is 0 Å². The number of hydrogen-bond acceptors (Lipinski definition) is 2. The maximum Gasteiger partial charge on any atom is 0.119 e. The molecule has 0 bridgehead atoms. The molecule has 1 aliphatic rings. The van der Waals surface area contributed by atoms with E-state index in [1.165, 1.54) is 5.56 Å². The Bertz CT molecular complexity index is 294. The minimum atomic E-state index is -0.272. The van der Waals surface area contributed by atoms with E-state index >= 15 is 0 Å². The van der Waals surface area contributed by atoms with Gasteiger partial charge in [0.25, 0.3) is 0 Å². The first-order valence-corrected chi connectivity index (χ1v) is 4.25. The topological polar surface area (TPSA) is 40.5 Å². The number of rotatable bonds is 0. The number of aliphatic hydroxyl groups is 1. The highest BCUT2D eigenvalue weighted by Gasteiger charge is 2.18. The zero-order chi connectivity index (χ0) is 8.55. The van der Waals surface area contributed by atoms with Crippen LogP contribution in [-0.4, -0.2) is 16.3 Å². The summed E-state index contributed by atoms with van der Waals surface area (Å²) in [6.45, 7) is 0. The number of benzene rings is 1. The average Bonchev–Trinajstić information content (AvgIpc) is 2.07. The second-order valence-electron chi connectivity index (χ2n) is 3.31. The molecule has 0 aromatic heterocycles. The molecule has 1 atom stereocenters. The highest BCUT2D eigenvalue weighted by molar-refractivity contribution is 5.41. The molecule has 0 fully saturated rings. The Morgan fingerprint density at radius 2 is 2.17 bits per heavy atom. The third kappa shape index (κ3) is 1.18. The van der Waals surface area contributed by atoms with Crippen LogP contribution in [0.15, 0.2) is 18.2 Å².